The number of aromatic nitrogens is 5. The topological polar surface area (TPSA) is 56.5 Å². The minimum absolute atomic E-state index is 0.630. The van der Waals surface area contributed by atoms with Crippen LogP contribution >= 0.6 is 11.3 Å². The Bertz CT molecular complexity index is 2420. The Kier molecular flexibility index (Phi) is 5.61. The quantitative estimate of drug-likeness (QED) is 0.208. The first-order valence-corrected chi connectivity index (χ1v) is 15.3. The molecule has 0 saturated carbocycles. The Morgan fingerprint density at radius 2 is 1.11 bits per heavy atom. The molecule has 0 amide bonds. The number of hydrogen-bond donors (Lipinski definition) is 0. The lowest BCUT2D eigenvalue weighted by molar-refractivity contribution is 0.990. The van der Waals surface area contributed by atoms with Crippen LogP contribution in [-0.4, -0.2) is 24.5 Å². The molecule has 0 radical (unpaired) electrons. The van der Waals surface area contributed by atoms with Gasteiger partial charge in [-0.15, -0.1) is 11.3 Å². The molecule has 0 aliphatic heterocycles. The van der Waals surface area contributed by atoms with E-state index in [-0.39, 0.29) is 0 Å². The monoisotopic (exact) mass is 581 g/mol. The standard InChI is InChI=1S/C38H23N5S/c1-3-11-24(12-4-1)31-21-32(42-37(41-31)25-13-5-2-6-14-25)26-22-39-38(40-23-26)43-33-17-9-7-15-27(33)29-19-20-30-28-16-8-10-18-34(28)44-36(30)35(29)43/h1-23H. The molecular weight excluding hydrogens is 559 g/mol. The minimum Gasteiger partial charge on any atom is -0.276 e. The molecule has 4 heterocycles. The van der Waals surface area contributed by atoms with Crippen molar-refractivity contribution in [2.75, 3.05) is 0 Å². The summed E-state index contributed by atoms with van der Waals surface area (Å²) in [6, 6.07) is 43.9. The Morgan fingerprint density at radius 1 is 0.500 bits per heavy atom. The molecular formula is C38H23N5S. The van der Waals surface area contributed by atoms with Crippen molar-refractivity contribution in [1.29, 1.82) is 0 Å². The molecule has 6 heteroatoms. The van der Waals surface area contributed by atoms with Gasteiger partial charge >= 0.3 is 0 Å². The van der Waals surface area contributed by atoms with Crippen molar-refractivity contribution in [3.8, 4) is 39.9 Å². The fourth-order valence-electron chi connectivity index (χ4n) is 6.08. The molecule has 0 saturated heterocycles. The summed E-state index contributed by atoms with van der Waals surface area (Å²) in [5.74, 6) is 1.30. The Labute approximate surface area is 256 Å². The van der Waals surface area contributed by atoms with Crippen molar-refractivity contribution in [3.05, 3.63) is 140 Å². The van der Waals surface area contributed by atoms with Gasteiger partial charge in [0.15, 0.2) is 5.82 Å². The van der Waals surface area contributed by atoms with Crippen LogP contribution in [-0.2, 0) is 0 Å². The lowest BCUT2D eigenvalue weighted by Crippen LogP contribution is -2.02. The van der Waals surface area contributed by atoms with Crippen LogP contribution in [0.2, 0.25) is 0 Å². The van der Waals surface area contributed by atoms with Gasteiger partial charge in [-0.05, 0) is 18.2 Å². The van der Waals surface area contributed by atoms with Gasteiger partial charge in [0.2, 0.25) is 5.95 Å². The summed E-state index contributed by atoms with van der Waals surface area (Å²) in [5, 5.41) is 4.91. The van der Waals surface area contributed by atoms with E-state index in [1.807, 2.05) is 78.3 Å². The first kappa shape index (κ1) is 24.8. The van der Waals surface area contributed by atoms with E-state index in [1.165, 1.54) is 30.9 Å². The molecule has 0 atom stereocenters. The summed E-state index contributed by atoms with van der Waals surface area (Å²) in [4.78, 5) is 19.8. The van der Waals surface area contributed by atoms with Crippen molar-refractivity contribution < 1.29 is 0 Å². The number of rotatable bonds is 4. The molecule has 5 nitrogen and oxygen atoms in total. The van der Waals surface area contributed by atoms with E-state index >= 15 is 0 Å². The van der Waals surface area contributed by atoms with Crippen molar-refractivity contribution in [2.24, 2.45) is 0 Å². The third kappa shape index (κ3) is 3.92. The van der Waals surface area contributed by atoms with E-state index < -0.39 is 0 Å². The summed E-state index contributed by atoms with van der Waals surface area (Å²) in [6.45, 7) is 0. The second kappa shape index (κ2) is 9.93. The normalized spacial score (nSPS) is 11.6. The van der Waals surface area contributed by atoms with Crippen LogP contribution in [0.3, 0.4) is 0 Å². The highest BCUT2D eigenvalue weighted by molar-refractivity contribution is 7.26. The molecule has 9 rings (SSSR count). The Balaban J connectivity index is 1.24. The molecule has 4 aromatic heterocycles. The molecule has 0 bridgehead atoms. The number of benzene rings is 5. The lowest BCUT2D eigenvalue weighted by Gasteiger charge is -2.10. The summed E-state index contributed by atoms with van der Waals surface area (Å²) in [7, 11) is 0. The van der Waals surface area contributed by atoms with Gasteiger partial charge in [-0.2, -0.15) is 0 Å². The highest BCUT2D eigenvalue weighted by Gasteiger charge is 2.19. The SMILES string of the molecule is c1ccc(-c2cc(-c3cnc(-n4c5ccccc5c5ccc6c7ccccc7sc6c54)nc3)nc(-c3ccccc3)n2)cc1. The maximum Gasteiger partial charge on any atom is 0.234 e. The zero-order valence-electron chi connectivity index (χ0n) is 23.4. The largest absolute Gasteiger partial charge is 0.276 e. The third-order valence-electron chi connectivity index (χ3n) is 8.14. The molecule has 0 spiro atoms. The molecule has 0 N–H and O–H groups in total. The second-order valence-electron chi connectivity index (χ2n) is 10.8. The van der Waals surface area contributed by atoms with Gasteiger partial charge in [-0.3, -0.25) is 4.57 Å². The Morgan fingerprint density at radius 3 is 1.89 bits per heavy atom. The molecule has 44 heavy (non-hydrogen) atoms. The number of para-hydroxylation sites is 1. The van der Waals surface area contributed by atoms with Crippen molar-refractivity contribution in [1.82, 2.24) is 24.5 Å². The van der Waals surface area contributed by atoms with Gasteiger partial charge in [0.1, 0.15) is 0 Å². The summed E-state index contributed by atoms with van der Waals surface area (Å²) >= 11 is 1.82. The fourth-order valence-corrected chi connectivity index (χ4v) is 7.32. The molecule has 9 aromatic rings. The molecule has 0 fully saturated rings. The van der Waals surface area contributed by atoms with E-state index in [2.05, 4.69) is 77.4 Å². The molecule has 0 aliphatic rings. The summed E-state index contributed by atoms with van der Waals surface area (Å²) in [6.07, 6.45) is 3.75. The second-order valence-corrected chi connectivity index (χ2v) is 11.8. The van der Waals surface area contributed by atoms with Gasteiger partial charge in [0.05, 0.1) is 27.1 Å². The predicted octanol–water partition coefficient (Wildman–Crippen LogP) is 9.73. The van der Waals surface area contributed by atoms with Gasteiger partial charge < -0.3 is 0 Å². The van der Waals surface area contributed by atoms with Crippen LogP contribution in [0.15, 0.2) is 140 Å². The Hall–Kier alpha value is -5.72. The average molecular weight is 582 g/mol. The first-order valence-electron chi connectivity index (χ1n) is 14.5. The summed E-state index contributed by atoms with van der Waals surface area (Å²) in [5.41, 5.74) is 6.67. The third-order valence-corrected chi connectivity index (χ3v) is 9.33. The van der Waals surface area contributed by atoms with E-state index in [9.17, 15) is 0 Å². The van der Waals surface area contributed by atoms with Gasteiger partial charge in [-0.25, -0.2) is 19.9 Å². The number of fused-ring (bicyclic) bond motifs is 7. The minimum atomic E-state index is 0.630. The zero-order chi connectivity index (χ0) is 29.0. The zero-order valence-corrected chi connectivity index (χ0v) is 24.2. The van der Waals surface area contributed by atoms with E-state index in [4.69, 9.17) is 19.9 Å². The maximum absolute atomic E-state index is 4.96. The summed E-state index contributed by atoms with van der Waals surface area (Å²) < 4.78 is 4.72. The smallest absolute Gasteiger partial charge is 0.234 e. The fraction of sp³-hybridized carbons (Fsp3) is 0. The van der Waals surface area contributed by atoms with Gasteiger partial charge in [-0.1, -0.05) is 109 Å². The van der Waals surface area contributed by atoms with Crippen molar-refractivity contribution in [2.45, 2.75) is 0 Å². The van der Waals surface area contributed by atoms with Crippen LogP contribution in [0.25, 0.3) is 81.8 Å². The van der Waals surface area contributed by atoms with E-state index in [1.54, 1.807) is 0 Å². The van der Waals surface area contributed by atoms with Crippen LogP contribution in [0.4, 0.5) is 0 Å². The van der Waals surface area contributed by atoms with Crippen LogP contribution in [0.1, 0.15) is 0 Å². The molecule has 5 aromatic carbocycles. The van der Waals surface area contributed by atoms with E-state index in [0.717, 1.165) is 39.1 Å². The van der Waals surface area contributed by atoms with Crippen LogP contribution in [0.5, 0.6) is 0 Å². The van der Waals surface area contributed by atoms with Gasteiger partial charge in [0, 0.05) is 55.3 Å². The average Bonchev–Trinajstić information content (AvgIpc) is 3.65. The molecule has 0 unspecified atom stereocenters. The number of hydrogen-bond acceptors (Lipinski definition) is 5. The highest BCUT2D eigenvalue weighted by Crippen LogP contribution is 2.42. The van der Waals surface area contributed by atoms with Crippen molar-refractivity contribution in [3.63, 3.8) is 0 Å². The first-order chi connectivity index (χ1) is 21.8. The van der Waals surface area contributed by atoms with Gasteiger partial charge in [0.25, 0.3) is 0 Å². The van der Waals surface area contributed by atoms with Crippen LogP contribution < -0.4 is 0 Å². The molecule has 0 aliphatic carbocycles. The maximum atomic E-state index is 4.96. The molecule has 206 valence electrons. The lowest BCUT2D eigenvalue weighted by atomic mass is 10.1. The number of thiophene rings is 1. The number of nitrogens with zero attached hydrogens (tertiary/aromatic N) is 5. The predicted molar refractivity (Wildman–Crippen MR) is 181 cm³/mol. The van der Waals surface area contributed by atoms with E-state index in [0.29, 0.717) is 11.8 Å². The van der Waals surface area contributed by atoms with Crippen LogP contribution in [0, 0.1) is 0 Å². The van der Waals surface area contributed by atoms with Crippen molar-refractivity contribution >= 4 is 53.3 Å². The highest BCUT2D eigenvalue weighted by atomic mass is 32.1.